The van der Waals surface area contributed by atoms with E-state index in [0.717, 1.165) is 19.5 Å². The molecule has 0 amide bonds. The molecule has 0 aliphatic carbocycles. The maximum absolute atomic E-state index is 3.40. The van der Waals surface area contributed by atoms with Crippen LogP contribution in [0.2, 0.25) is 0 Å². The van der Waals surface area contributed by atoms with Crippen LogP contribution >= 0.6 is 0 Å². The average Bonchev–Trinajstić information content (AvgIpc) is 2.86. The van der Waals surface area contributed by atoms with Crippen LogP contribution in [-0.4, -0.2) is 25.1 Å². The zero-order valence-electron chi connectivity index (χ0n) is 9.80. The lowest BCUT2D eigenvalue weighted by Gasteiger charge is -2.11. The van der Waals surface area contributed by atoms with Crippen LogP contribution in [0.5, 0.6) is 0 Å². The summed E-state index contributed by atoms with van der Waals surface area (Å²) in [5, 5.41) is 5.49. The maximum Gasteiger partial charge on any atom is 0.0424 e. The second-order valence-corrected chi connectivity index (χ2v) is 4.51. The fourth-order valence-electron chi connectivity index (χ4n) is 2.45. The Kier molecular flexibility index (Phi) is 2.14. The van der Waals surface area contributed by atoms with E-state index in [-0.39, 0.29) is 0 Å². The Morgan fingerprint density at radius 1 is 1.31 bits per heavy atom. The molecule has 0 atom stereocenters. The van der Waals surface area contributed by atoms with Gasteiger partial charge in [-0.05, 0) is 42.2 Å². The predicted octanol–water partition coefficient (Wildman–Crippen LogP) is 1.84. The third kappa shape index (κ3) is 1.39. The first-order chi connectivity index (χ1) is 7.75. The van der Waals surface area contributed by atoms with E-state index in [2.05, 4.69) is 47.9 Å². The summed E-state index contributed by atoms with van der Waals surface area (Å²) in [6.07, 6.45) is 1.15. The minimum absolute atomic E-state index is 0.939. The van der Waals surface area contributed by atoms with Crippen molar-refractivity contribution >= 4 is 11.3 Å². The molecule has 0 aromatic heterocycles. The van der Waals surface area contributed by atoms with E-state index in [1.54, 1.807) is 0 Å². The minimum Gasteiger partial charge on any atom is -0.384 e. The van der Waals surface area contributed by atoms with Crippen LogP contribution in [0.4, 0.5) is 5.69 Å². The van der Waals surface area contributed by atoms with Gasteiger partial charge in [-0.15, -0.1) is 0 Å². The number of fused-ring (bicyclic) bond motifs is 1. The van der Waals surface area contributed by atoms with Crippen molar-refractivity contribution in [1.29, 1.82) is 0 Å². The molecule has 2 heterocycles. The van der Waals surface area contributed by atoms with E-state index < -0.39 is 0 Å². The zero-order valence-corrected chi connectivity index (χ0v) is 9.80. The molecule has 2 N–H and O–H groups in total. The van der Waals surface area contributed by atoms with Gasteiger partial charge in [0.25, 0.3) is 0 Å². The van der Waals surface area contributed by atoms with Gasteiger partial charge in [0, 0.05) is 31.5 Å². The van der Waals surface area contributed by atoms with Crippen molar-refractivity contribution < 1.29 is 0 Å². The number of rotatable bonds is 1. The monoisotopic (exact) mass is 215 g/mol. The summed E-state index contributed by atoms with van der Waals surface area (Å²) >= 11 is 0. The van der Waals surface area contributed by atoms with Gasteiger partial charge < -0.3 is 10.3 Å². The molecule has 0 bridgehead atoms. The Hall–Kier alpha value is -1.48. The second-order valence-electron chi connectivity index (χ2n) is 4.51. The van der Waals surface area contributed by atoms with Crippen LogP contribution in [0.3, 0.4) is 0 Å². The summed E-state index contributed by atoms with van der Waals surface area (Å²) in [6.45, 7) is 4.18. The number of benzene rings is 1. The lowest BCUT2D eigenvalue weighted by Crippen LogP contribution is -2.26. The van der Waals surface area contributed by atoms with Crippen molar-refractivity contribution in [1.82, 2.24) is 10.4 Å². The highest BCUT2D eigenvalue weighted by atomic mass is 15.5. The average molecular weight is 215 g/mol. The summed E-state index contributed by atoms with van der Waals surface area (Å²) in [4.78, 5) is 0. The van der Waals surface area contributed by atoms with E-state index in [0.29, 0.717) is 0 Å². The van der Waals surface area contributed by atoms with Gasteiger partial charge in [-0.3, -0.25) is 0 Å². The Morgan fingerprint density at radius 3 is 2.94 bits per heavy atom. The Balaban J connectivity index is 2.02. The van der Waals surface area contributed by atoms with Crippen molar-refractivity contribution in [3.63, 3.8) is 0 Å². The zero-order chi connectivity index (χ0) is 11.1. The van der Waals surface area contributed by atoms with Crippen molar-refractivity contribution in [2.24, 2.45) is 0 Å². The number of hydrogen-bond acceptors (Lipinski definition) is 3. The summed E-state index contributed by atoms with van der Waals surface area (Å²) in [5.41, 5.74) is 10.2. The molecular weight excluding hydrogens is 198 g/mol. The number of nitrogens with zero attached hydrogens (tertiary/aromatic N) is 1. The highest BCUT2D eigenvalue weighted by molar-refractivity contribution is 5.74. The summed E-state index contributed by atoms with van der Waals surface area (Å²) in [5.74, 6) is 0. The lowest BCUT2D eigenvalue weighted by molar-refractivity contribution is 0.346. The van der Waals surface area contributed by atoms with Crippen LogP contribution in [0.25, 0.3) is 5.57 Å². The first-order valence-electron chi connectivity index (χ1n) is 5.80. The first-order valence-corrected chi connectivity index (χ1v) is 5.80. The van der Waals surface area contributed by atoms with E-state index in [1.165, 1.54) is 28.1 Å². The van der Waals surface area contributed by atoms with Gasteiger partial charge in [-0.1, -0.05) is 6.07 Å². The molecule has 0 saturated heterocycles. The molecule has 2 aliphatic rings. The van der Waals surface area contributed by atoms with Gasteiger partial charge in [0.15, 0.2) is 0 Å². The molecule has 0 spiro atoms. The van der Waals surface area contributed by atoms with Crippen molar-refractivity contribution in [2.45, 2.75) is 13.3 Å². The van der Waals surface area contributed by atoms with Crippen LogP contribution in [0.15, 0.2) is 23.9 Å². The Bertz CT molecular complexity index is 462. The van der Waals surface area contributed by atoms with Crippen LogP contribution in [0, 0.1) is 0 Å². The van der Waals surface area contributed by atoms with Crippen LogP contribution in [-0.2, 0) is 6.42 Å². The van der Waals surface area contributed by atoms with E-state index >= 15 is 0 Å². The highest BCUT2D eigenvalue weighted by Crippen LogP contribution is 2.29. The molecule has 84 valence electrons. The fraction of sp³-hybridized carbons (Fsp3) is 0.385. The topological polar surface area (TPSA) is 27.3 Å². The smallest absolute Gasteiger partial charge is 0.0424 e. The van der Waals surface area contributed by atoms with Gasteiger partial charge in [-0.25, -0.2) is 5.43 Å². The molecule has 0 fully saturated rings. The fourth-order valence-corrected chi connectivity index (χ4v) is 2.45. The second kappa shape index (κ2) is 3.52. The third-order valence-corrected chi connectivity index (χ3v) is 3.60. The summed E-state index contributed by atoms with van der Waals surface area (Å²) in [6, 6.07) is 6.75. The SMILES string of the molecule is CC1=C(c2ccc3c(c2)CCN3)CNN1C. The molecule has 2 aliphatic heterocycles. The van der Waals surface area contributed by atoms with Gasteiger partial charge >= 0.3 is 0 Å². The summed E-state index contributed by atoms with van der Waals surface area (Å²) in [7, 11) is 2.07. The quantitative estimate of drug-likeness (QED) is 0.748. The van der Waals surface area contributed by atoms with Gasteiger partial charge in [0.2, 0.25) is 0 Å². The van der Waals surface area contributed by atoms with Crippen LogP contribution in [0.1, 0.15) is 18.1 Å². The lowest BCUT2D eigenvalue weighted by atomic mass is 10.0. The molecule has 3 nitrogen and oxygen atoms in total. The number of hydrogen-bond donors (Lipinski definition) is 2. The molecule has 0 unspecified atom stereocenters. The molecule has 3 rings (SSSR count). The van der Waals surface area contributed by atoms with Gasteiger partial charge in [0.1, 0.15) is 0 Å². The van der Waals surface area contributed by atoms with Crippen molar-refractivity contribution in [3.8, 4) is 0 Å². The largest absolute Gasteiger partial charge is 0.384 e. The van der Waals surface area contributed by atoms with Gasteiger partial charge in [0.05, 0.1) is 0 Å². The van der Waals surface area contributed by atoms with Crippen LogP contribution < -0.4 is 10.7 Å². The number of hydrazine groups is 1. The maximum atomic E-state index is 3.40. The molecule has 1 aromatic carbocycles. The van der Waals surface area contributed by atoms with E-state index in [9.17, 15) is 0 Å². The molecule has 16 heavy (non-hydrogen) atoms. The molecule has 0 saturated carbocycles. The standard InChI is InChI=1S/C13H17N3/c1-9-12(8-15-16(9)2)10-3-4-13-11(7-10)5-6-14-13/h3-4,7,14-15H,5-6,8H2,1-2H3. The number of allylic oxidation sites excluding steroid dienone is 1. The van der Waals surface area contributed by atoms with Crippen molar-refractivity contribution in [3.05, 3.63) is 35.0 Å². The minimum atomic E-state index is 0.939. The normalized spacial score (nSPS) is 19.0. The highest BCUT2D eigenvalue weighted by Gasteiger charge is 2.18. The van der Waals surface area contributed by atoms with Crippen molar-refractivity contribution in [2.75, 3.05) is 25.5 Å². The first kappa shape index (κ1) is 9.73. The van der Waals surface area contributed by atoms with Gasteiger partial charge in [-0.2, -0.15) is 0 Å². The summed E-state index contributed by atoms with van der Waals surface area (Å²) < 4.78 is 0. The van der Waals surface area contributed by atoms with E-state index in [1.807, 2.05) is 0 Å². The molecule has 0 radical (unpaired) electrons. The third-order valence-electron chi connectivity index (χ3n) is 3.60. The predicted molar refractivity (Wildman–Crippen MR) is 67.0 cm³/mol. The van der Waals surface area contributed by atoms with E-state index in [4.69, 9.17) is 0 Å². The Labute approximate surface area is 96.1 Å². The number of nitrogens with one attached hydrogen (secondary N) is 2. The molecule has 3 heteroatoms. The Morgan fingerprint density at radius 2 is 2.19 bits per heavy atom. The molecule has 1 aromatic rings. The number of anilines is 1. The molecular formula is C13H17N3.